The van der Waals surface area contributed by atoms with Crippen molar-refractivity contribution < 1.29 is 8.42 Å². The van der Waals surface area contributed by atoms with Crippen molar-refractivity contribution in [2.24, 2.45) is 0 Å². The van der Waals surface area contributed by atoms with Crippen LogP contribution < -0.4 is 4.90 Å². The Balaban J connectivity index is 1.87. The quantitative estimate of drug-likeness (QED) is 0.832. The molecule has 0 saturated carbocycles. The molecule has 1 saturated heterocycles. The Bertz CT molecular complexity index is 713. The number of anilines is 1. The predicted molar refractivity (Wildman–Crippen MR) is 80.7 cm³/mol. The van der Waals surface area contributed by atoms with Crippen LogP contribution in [0.25, 0.3) is 10.2 Å². The van der Waals surface area contributed by atoms with E-state index in [0.717, 1.165) is 29.0 Å². The van der Waals surface area contributed by atoms with Gasteiger partial charge < -0.3 is 4.90 Å². The van der Waals surface area contributed by atoms with Crippen molar-refractivity contribution in [1.29, 1.82) is 0 Å². The minimum absolute atomic E-state index is 0.510. The normalized spacial score (nSPS) is 18.4. The third kappa shape index (κ3) is 2.63. The minimum atomic E-state index is -3.11. The molecule has 3 heterocycles. The van der Waals surface area contributed by atoms with Gasteiger partial charge in [0, 0.05) is 26.2 Å². The zero-order valence-corrected chi connectivity index (χ0v) is 12.8. The summed E-state index contributed by atoms with van der Waals surface area (Å²) in [5.74, 6) is 0.917. The van der Waals surface area contributed by atoms with Gasteiger partial charge in [0.25, 0.3) is 0 Å². The summed E-state index contributed by atoms with van der Waals surface area (Å²) in [6, 6.07) is 1.98. The van der Waals surface area contributed by atoms with Gasteiger partial charge in [0.15, 0.2) is 0 Å². The predicted octanol–water partition coefficient (Wildman–Crippen LogP) is 1.16. The summed E-state index contributed by atoms with van der Waals surface area (Å²) in [7, 11) is -3.11. The molecular weight excluding hydrogens is 296 g/mol. The van der Waals surface area contributed by atoms with Crippen molar-refractivity contribution in [1.82, 2.24) is 14.3 Å². The van der Waals surface area contributed by atoms with Gasteiger partial charge >= 0.3 is 0 Å². The van der Waals surface area contributed by atoms with E-state index in [9.17, 15) is 8.42 Å². The molecule has 0 N–H and O–H groups in total. The molecular formula is C12H16N4O2S2. The zero-order valence-electron chi connectivity index (χ0n) is 11.2. The lowest BCUT2D eigenvalue weighted by Gasteiger charge is -2.22. The molecule has 8 heteroatoms. The molecule has 0 radical (unpaired) electrons. The van der Waals surface area contributed by atoms with E-state index < -0.39 is 10.0 Å². The highest BCUT2D eigenvalue weighted by Gasteiger charge is 2.23. The summed E-state index contributed by atoms with van der Waals surface area (Å²) in [6.45, 7) is 2.57. The van der Waals surface area contributed by atoms with Gasteiger partial charge in [0.2, 0.25) is 10.0 Å². The molecule has 20 heavy (non-hydrogen) atoms. The number of rotatable bonds is 2. The smallest absolute Gasteiger partial charge is 0.211 e. The third-order valence-corrected chi connectivity index (χ3v) is 5.65. The number of thiophene rings is 1. The van der Waals surface area contributed by atoms with Crippen molar-refractivity contribution in [3.8, 4) is 0 Å². The van der Waals surface area contributed by atoms with E-state index in [2.05, 4.69) is 14.9 Å². The largest absolute Gasteiger partial charge is 0.354 e. The second-order valence-corrected chi connectivity index (χ2v) is 7.73. The maximum Gasteiger partial charge on any atom is 0.211 e. The topological polar surface area (TPSA) is 66.4 Å². The lowest BCUT2D eigenvalue weighted by Crippen LogP contribution is -2.34. The second kappa shape index (κ2) is 5.27. The highest BCUT2D eigenvalue weighted by molar-refractivity contribution is 7.88. The maximum absolute atomic E-state index is 11.6. The highest BCUT2D eigenvalue weighted by Crippen LogP contribution is 2.28. The Morgan fingerprint density at radius 1 is 1.20 bits per heavy atom. The highest BCUT2D eigenvalue weighted by atomic mass is 32.2. The average molecular weight is 312 g/mol. The maximum atomic E-state index is 11.6. The molecule has 0 spiro atoms. The van der Waals surface area contributed by atoms with Gasteiger partial charge in [-0.3, -0.25) is 0 Å². The van der Waals surface area contributed by atoms with Crippen LogP contribution in [0, 0.1) is 0 Å². The van der Waals surface area contributed by atoms with Gasteiger partial charge in [-0.15, -0.1) is 11.3 Å². The van der Waals surface area contributed by atoms with Crippen LogP contribution in [0.15, 0.2) is 17.8 Å². The lowest BCUT2D eigenvalue weighted by molar-refractivity contribution is 0.437. The number of fused-ring (bicyclic) bond motifs is 1. The van der Waals surface area contributed by atoms with E-state index in [0.29, 0.717) is 19.6 Å². The Hall–Kier alpha value is -1.25. The van der Waals surface area contributed by atoms with Crippen LogP contribution in [0.4, 0.5) is 5.82 Å². The molecule has 1 aliphatic rings. The molecule has 2 aromatic rings. The van der Waals surface area contributed by atoms with Gasteiger partial charge in [0.1, 0.15) is 12.1 Å². The van der Waals surface area contributed by atoms with Crippen LogP contribution in [0.1, 0.15) is 6.42 Å². The Morgan fingerprint density at radius 3 is 2.85 bits per heavy atom. The fourth-order valence-corrected chi connectivity index (χ4v) is 4.17. The second-order valence-electron chi connectivity index (χ2n) is 4.83. The monoisotopic (exact) mass is 312 g/mol. The number of sulfonamides is 1. The Labute approximate surface area is 122 Å². The van der Waals surface area contributed by atoms with Crippen molar-refractivity contribution >= 4 is 37.4 Å². The van der Waals surface area contributed by atoms with Crippen molar-refractivity contribution in [2.75, 3.05) is 37.3 Å². The molecule has 108 valence electrons. The molecule has 0 atom stereocenters. The summed E-state index contributed by atoms with van der Waals surface area (Å²) in [4.78, 5) is 10.8. The third-order valence-electron chi connectivity index (χ3n) is 3.45. The molecule has 3 rings (SSSR count). The summed E-state index contributed by atoms with van der Waals surface area (Å²) in [6.07, 6.45) is 3.65. The molecule has 1 aliphatic heterocycles. The number of aromatic nitrogens is 2. The molecule has 1 fully saturated rings. The molecule has 0 aliphatic carbocycles. The molecule has 0 unspecified atom stereocenters. The van der Waals surface area contributed by atoms with Gasteiger partial charge in [-0.2, -0.15) is 0 Å². The zero-order chi connectivity index (χ0) is 14.2. The van der Waals surface area contributed by atoms with Crippen LogP contribution in [0.3, 0.4) is 0 Å². The first-order chi connectivity index (χ1) is 9.55. The fourth-order valence-electron chi connectivity index (χ4n) is 2.44. The van der Waals surface area contributed by atoms with E-state index in [1.165, 1.54) is 6.26 Å². The van der Waals surface area contributed by atoms with Crippen molar-refractivity contribution in [3.05, 3.63) is 17.8 Å². The van der Waals surface area contributed by atoms with Crippen molar-refractivity contribution in [2.45, 2.75) is 6.42 Å². The van der Waals surface area contributed by atoms with Crippen LogP contribution in [0.5, 0.6) is 0 Å². The molecule has 0 aromatic carbocycles. The fraction of sp³-hybridized carbons (Fsp3) is 0.500. The van der Waals surface area contributed by atoms with Crippen molar-refractivity contribution in [3.63, 3.8) is 0 Å². The Morgan fingerprint density at radius 2 is 2.05 bits per heavy atom. The molecule has 0 amide bonds. The van der Waals surface area contributed by atoms with Crippen LogP contribution in [-0.4, -0.2) is 55.1 Å². The average Bonchev–Trinajstić information content (AvgIpc) is 2.73. The summed E-state index contributed by atoms with van der Waals surface area (Å²) < 4.78 is 25.9. The molecule has 6 nitrogen and oxygen atoms in total. The summed E-state index contributed by atoms with van der Waals surface area (Å²) in [5, 5.41) is 2.00. The Kier molecular flexibility index (Phi) is 3.61. The van der Waals surface area contributed by atoms with E-state index >= 15 is 0 Å². The van der Waals surface area contributed by atoms with E-state index in [1.54, 1.807) is 22.0 Å². The molecule has 0 bridgehead atoms. The first kappa shape index (κ1) is 13.7. The molecule has 2 aromatic heterocycles. The van der Waals surface area contributed by atoms with Gasteiger partial charge in [-0.1, -0.05) is 0 Å². The number of nitrogens with zero attached hydrogens (tertiary/aromatic N) is 4. The SMILES string of the molecule is CS(=O)(=O)N1CCCN(c2ncnc3ccsc23)CC1. The minimum Gasteiger partial charge on any atom is -0.354 e. The number of hydrogen-bond donors (Lipinski definition) is 0. The lowest BCUT2D eigenvalue weighted by atomic mass is 10.3. The van der Waals surface area contributed by atoms with E-state index in [4.69, 9.17) is 0 Å². The van der Waals surface area contributed by atoms with Gasteiger partial charge in [0.05, 0.1) is 16.5 Å². The van der Waals surface area contributed by atoms with Crippen LogP contribution in [-0.2, 0) is 10.0 Å². The number of hydrogen-bond acceptors (Lipinski definition) is 6. The van der Waals surface area contributed by atoms with E-state index in [-0.39, 0.29) is 0 Å². The summed E-state index contributed by atoms with van der Waals surface area (Å²) >= 11 is 1.62. The summed E-state index contributed by atoms with van der Waals surface area (Å²) in [5.41, 5.74) is 0.948. The van der Waals surface area contributed by atoms with Gasteiger partial charge in [-0.05, 0) is 17.9 Å². The first-order valence-corrected chi connectivity index (χ1v) is 9.17. The first-order valence-electron chi connectivity index (χ1n) is 6.44. The van der Waals surface area contributed by atoms with Crippen LogP contribution >= 0.6 is 11.3 Å². The standard InChI is InChI=1S/C12H16N4O2S2/c1-20(17,18)16-5-2-4-15(6-7-16)12-11-10(3-8-19-11)13-9-14-12/h3,8-9H,2,4-7H2,1H3. The van der Waals surface area contributed by atoms with Crippen LogP contribution in [0.2, 0.25) is 0 Å². The van der Waals surface area contributed by atoms with E-state index in [1.807, 2.05) is 11.4 Å². The van der Waals surface area contributed by atoms with Gasteiger partial charge in [-0.25, -0.2) is 22.7 Å².